The van der Waals surface area contributed by atoms with Crippen LogP contribution in [0.5, 0.6) is 11.5 Å². The fraction of sp³-hybridized carbons (Fsp3) is 0.250. The van der Waals surface area contributed by atoms with E-state index in [4.69, 9.17) is 9.47 Å². The van der Waals surface area contributed by atoms with Gasteiger partial charge in [-0.3, -0.25) is 9.59 Å². The van der Waals surface area contributed by atoms with Gasteiger partial charge in [-0.25, -0.2) is 0 Å². The van der Waals surface area contributed by atoms with Gasteiger partial charge >= 0.3 is 0 Å². The Balaban J connectivity index is 1.86. The second kappa shape index (κ2) is 8.96. The van der Waals surface area contributed by atoms with Crippen molar-refractivity contribution < 1.29 is 19.1 Å². The first-order valence-electron chi connectivity index (χ1n) is 9.99. The standard InChI is InChI=1S/C24H23BrN2O4S/c1-13-7-8-17(16(25)10-13)26-23(28)21-14-11-18(30-3)19(31-4)12-15(14)24(29)27(2)22(21)20-6-5-9-32-20/h5-12,21-22H,1-4H3,(H,26,28)/t21-,22-/m1/s1. The first kappa shape index (κ1) is 22.4. The van der Waals surface area contributed by atoms with Gasteiger partial charge < -0.3 is 19.7 Å². The maximum atomic E-state index is 13.7. The zero-order valence-electron chi connectivity index (χ0n) is 18.1. The number of halogens is 1. The molecule has 3 aromatic rings. The zero-order valence-corrected chi connectivity index (χ0v) is 20.5. The molecule has 6 nitrogen and oxygen atoms in total. The topological polar surface area (TPSA) is 67.9 Å². The van der Waals surface area contributed by atoms with Gasteiger partial charge in [0.15, 0.2) is 11.5 Å². The van der Waals surface area contributed by atoms with E-state index in [0.29, 0.717) is 28.3 Å². The van der Waals surface area contributed by atoms with Crippen LogP contribution >= 0.6 is 27.3 Å². The smallest absolute Gasteiger partial charge is 0.254 e. The number of nitrogens with one attached hydrogen (secondary N) is 1. The van der Waals surface area contributed by atoms with Crippen molar-refractivity contribution >= 4 is 44.8 Å². The van der Waals surface area contributed by atoms with E-state index in [-0.39, 0.29) is 11.8 Å². The van der Waals surface area contributed by atoms with E-state index < -0.39 is 12.0 Å². The number of fused-ring (bicyclic) bond motifs is 1. The number of benzene rings is 2. The Hall–Kier alpha value is -2.84. The molecule has 0 unspecified atom stereocenters. The number of ether oxygens (including phenoxy) is 2. The normalized spacial score (nSPS) is 17.7. The van der Waals surface area contributed by atoms with Crippen LogP contribution in [0, 0.1) is 6.92 Å². The molecule has 2 amide bonds. The molecule has 0 saturated carbocycles. The molecule has 8 heteroatoms. The van der Waals surface area contributed by atoms with Crippen LogP contribution in [-0.4, -0.2) is 38.0 Å². The van der Waals surface area contributed by atoms with E-state index in [1.807, 2.05) is 42.6 Å². The Morgan fingerprint density at radius 2 is 1.84 bits per heavy atom. The first-order valence-corrected chi connectivity index (χ1v) is 11.7. The van der Waals surface area contributed by atoms with Crippen LogP contribution in [-0.2, 0) is 4.79 Å². The monoisotopic (exact) mass is 514 g/mol. The summed E-state index contributed by atoms with van der Waals surface area (Å²) < 4.78 is 11.7. The van der Waals surface area contributed by atoms with Crippen LogP contribution in [0.1, 0.15) is 38.3 Å². The zero-order chi connectivity index (χ0) is 23.0. The molecule has 4 rings (SSSR count). The molecular formula is C24H23BrN2O4S. The minimum atomic E-state index is -0.639. The molecular weight excluding hydrogens is 492 g/mol. The number of anilines is 1. The number of methoxy groups -OCH3 is 2. The Morgan fingerprint density at radius 1 is 1.12 bits per heavy atom. The summed E-state index contributed by atoms with van der Waals surface area (Å²) in [6.45, 7) is 1.99. The van der Waals surface area contributed by atoms with Crippen molar-refractivity contribution in [3.63, 3.8) is 0 Å². The summed E-state index contributed by atoms with van der Waals surface area (Å²) in [5.74, 6) is -0.0917. The summed E-state index contributed by atoms with van der Waals surface area (Å²) in [6.07, 6.45) is 0. The van der Waals surface area contributed by atoms with E-state index in [2.05, 4.69) is 21.2 Å². The fourth-order valence-corrected chi connectivity index (χ4v) is 5.58. The Labute approximate surface area is 199 Å². The summed E-state index contributed by atoms with van der Waals surface area (Å²) in [7, 11) is 4.79. The number of hydrogen-bond donors (Lipinski definition) is 1. The third-order valence-electron chi connectivity index (χ3n) is 5.67. The van der Waals surface area contributed by atoms with Gasteiger partial charge in [0, 0.05) is 22.0 Å². The molecule has 0 radical (unpaired) electrons. The van der Waals surface area contributed by atoms with Crippen molar-refractivity contribution in [3.8, 4) is 11.5 Å². The van der Waals surface area contributed by atoms with Crippen LogP contribution in [0.4, 0.5) is 5.69 Å². The fourth-order valence-electron chi connectivity index (χ4n) is 4.08. The lowest BCUT2D eigenvalue weighted by Gasteiger charge is -2.39. The van der Waals surface area contributed by atoms with E-state index in [1.165, 1.54) is 25.6 Å². The predicted octanol–water partition coefficient (Wildman–Crippen LogP) is 5.39. The number of rotatable bonds is 5. The minimum Gasteiger partial charge on any atom is -0.493 e. The molecule has 2 atom stereocenters. The third kappa shape index (κ3) is 3.89. The van der Waals surface area contributed by atoms with Crippen molar-refractivity contribution in [2.45, 2.75) is 18.9 Å². The van der Waals surface area contributed by atoms with Gasteiger partial charge in [-0.2, -0.15) is 0 Å². The minimum absolute atomic E-state index is 0.167. The number of aryl methyl sites for hydroxylation is 1. The first-order chi connectivity index (χ1) is 15.3. The predicted molar refractivity (Wildman–Crippen MR) is 129 cm³/mol. The molecule has 166 valence electrons. The molecule has 0 saturated heterocycles. The number of hydrogen-bond acceptors (Lipinski definition) is 5. The molecule has 1 aliphatic rings. The Bertz CT molecular complexity index is 1180. The Kier molecular flexibility index (Phi) is 6.26. The number of thiophene rings is 1. The van der Waals surface area contributed by atoms with Crippen molar-refractivity contribution in [3.05, 3.63) is 73.9 Å². The summed E-state index contributed by atoms with van der Waals surface area (Å²) in [6, 6.07) is 12.6. The van der Waals surface area contributed by atoms with Gasteiger partial charge in [-0.15, -0.1) is 11.3 Å². The summed E-state index contributed by atoms with van der Waals surface area (Å²) in [4.78, 5) is 29.6. The summed E-state index contributed by atoms with van der Waals surface area (Å²) in [5.41, 5.74) is 2.80. The molecule has 0 spiro atoms. The lowest BCUT2D eigenvalue weighted by molar-refractivity contribution is -0.119. The van der Waals surface area contributed by atoms with E-state index in [1.54, 1.807) is 24.1 Å². The number of nitrogens with zero attached hydrogens (tertiary/aromatic N) is 1. The van der Waals surface area contributed by atoms with Crippen molar-refractivity contribution in [2.24, 2.45) is 0 Å². The highest BCUT2D eigenvalue weighted by Crippen LogP contribution is 2.47. The van der Waals surface area contributed by atoms with Crippen LogP contribution in [0.2, 0.25) is 0 Å². The number of likely N-dealkylation sites (N-methyl/N-ethyl adjacent to an activating group) is 1. The second-order valence-electron chi connectivity index (χ2n) is 7.62. The molecule has 32 heavy (non-hydrogen) atoms. The highest BCUT2D eigenvalue weighted by Gasteiger charge is 2.44. The molecule has 1 aliphatic heterocycles. The number of carbonyl (C=O) groups excluding carboxylic acids is 2. The average Bonchev–Trinajstić information content (AvgIpc) is 3.31. The Morgan fingerprint density at radius 3 is 2.47 bits per heavy atom. The third-order valence-corrected chi connectivity index (χ3v) is 7.27. The van der Waals surface area contributed by atoms with Gasteiger partial charge in [0.1, 0.15) is 0 Å². The van der Waals surface area contributed by atoms with Crippen LogP contribution in [0.15, 0.2) is 52.3 Å². The van der Waals surface area contributed by atoms with E-state index in [9.17, 15) is 9.59 Å². The molecule has 0 fully saturated rings. The van der Waals surface area contributed by atoms with E-state index in [0.717, 1.165) is 14.9 Å². The lowest BCUT2D eigenvalue weighted by atomic mass is 9.81. The lowest BCUT2D eigenvalue weighted by Crippen LogP contribution is -2.43. The van der Waals surface area contributed by atoms with Gasteiger partial charge in [-0.05, 0) is 69.7 Å². The number of amides is 2. The van der Waals surface area contributed by atoms with Gasteiger partial charge in [0.25, 0.3) is 5.91 Å². The van der Waals surface area contributed by atoms with Crippen LogP contribution < -0.4 is 14.8 Å². The quantitative estimate of drug-likeness (QED) is 0.495. The second-order valence-corrected chi connectivity index (χ2v) is 9.45. The van der Waals surface area contributed by atoms with Crippen molar-refractivity contribution in [1.82, 2.24) is 4.90 Å². The van der Waals surface area contributed by atoms with Crippen LogP contribution in [0.25, 0.3) is 0 Å². The highest BCUT2D eigenvalue weighted by atomic mass is 79.9. The van der Waals surface area contributed by atoms with Crippen LogP contribution in [0.3, 0.4) is 0 Å². The molecule has 1 aromatic heterocycles. The SMILES string of the molecule is COc1cc2c(cc1OC)[C@@H](C(=O)Nc1ccc(C)cc1Br)[C@@H](c1cccs1)N(C)C2=O. The summed E-state index contributed by atoms with van der Waals surface area (Å²) >= 11 is 5.06. The van der Waals surface area contributed by atoms with Gasteiger partial charge in [0.2, 0.25) is 5.91 Å². The van der Waals surface area contributed by atoms with E-state index >= 15 is 0 Å². The summed E-state index contributed by atoms with van der Waals surface area (Å²) in [5, 5.41) is 5.00. The molecule has 2 aromatic carbocycles. The molecule has 0 aliphatic carbocycles. The van der Waals surface area contributed by atoms with Crippen molar-refractivity contribution in [2.75, 3.05) is 26.6 Å². The largest absolute Gasteiger partial charge is 0.493 e. The molecule has 0 bridgehead atoms. The molecule has 1 N–H and O–H groups in total. The molecule has 2 heterocycles. The van der Waals surface area contributed by atoms with Crippen molar-refractivity contribution in [1.29, 1.82) is 0 Å². The maximum Gasteiger partial charge on any atom is 0.254 e. The maximum absolute atomic E-state index is 13.7. The highest BCUT2D eigenvalue weighted by molar-refractivity contribution is 9.10. The number of carbonyl (C=O) groups is 2. The van der Waals surface area contributed by atoms with Gasteiger partial charge in [-0.1, -0.05) is 12.1 Å². The van der Waals surface area contributed by atoms with Gasteiger partial charge in [0.05, 0.1) is 31.9 Å². The average molecular weight is 515 g/mol.